The summed E-state index contributed by atoms with van der Waals surface area (Å²) in [5.74, 6) is 0. The molecule has 1 saturated carbocycles. The molecule has 0 spiro atoms. The summed E-state index contributed by atoms with van der Waals surface area (Å²) in [6, 6.07) is 5.25. The lowest BCUT2D eigenvalue weighted by Crippen LogP contribution is -2.35. The Kier molecular flexibility index (Phi) is 5.79. The van der Waals surface area contributed by atoms with Crippen molar-refractivity contribution in [2.75, 3.05) is 0 Å². The van der Waals surface area contributed by atoms with Gasteiger partial charge in [0.15, 0.2) is 0 Å². The molecule has 2 rings (SSSR count). The Bertz CT molecular complexity index is 562. The molecule has 1 aromatic rings. The van der Waals surface area contributed by atoms with Gasteiger partial charge in [-0.25, -0.2) is 13.1 Å². The molecule has 0 aromatic heterocycles. The second-order valence-electron chi connectivity index (χ2n) is 5.96. The van der Waals surface area contributed by atoms with Crippen LogP contribution in [-0.2, 0) is 16.6 Å². The molecule has 1 aliphatic rings. The summed E-state index contributed by atoms with van der Waals surface area (Å²) in [4.78, 5) is 0.347. The van der Waals surface area contributed by atoms with Gasteiger partial charge in [0.25, 0.3) is 0 Å². The maximum atomic E-state index is 12.5. The molecule has 0 bridgehead atoms. The Morgan fingerprint density at radius 1 is 1.14 bits per heavy atom. The van der Waals surface area contributed by atoms with Crippen molar-refractivity contribution in [3.05, 3.63) is 29.3 Å². The van der Waals surface area contributed by atoms with E-state index < -0.39 is 10.0 Å². The number of benzene rings is 1. The molecule has 0 heterocycles. The summed E-state index contributed by atoms with van der Waals surface area (Å²) in [6.07, 6.45) is 7.80. The van der Waals surface area contributed by atoms with Crippen molar-refractivity contribution in [2.45, 2.75) is 69.4 Å². The third kappa shape index (κ3) is 4.53. The van der Waals surface area contributed by atoms with Crippen LogP contribution in [0.5, 0.6) is 0 Å². The topological polar surface area (TPSA) is 72.2 Å². The summed E-state index contributed by atoms with van der Waals surface area (Å²) in [7, 11) is -3.43. The van der Waals surface area contributed by atoms with Crippen LogP contribution >= 0.6 is 0 Å². The van der Waals surface area contributed by atoms with Gasteiger partial charge in [0.05, 0.1) is 4.90 Å². The maximum absolute atomic E-state index is 12.5. The zero-order chi connectivity index (χ0) is 15.3. The van der Waals surface area contributed by atoms with Gasteiger partial charge < -0.3 is 5.73 Å². The van der Waals surface area contributed by atoms with Crippen molar-refractivity contribution in [3.8, 4) is 0 Å². The lowest BCUT2D eigenvalue weighted by atomic mass is 9.97. The van der Waals surface area contributed by atoms with Gasteiger partial charge in [0.2, 0.25) is 10.0 Å². The molecule has 5 heteroatoms. The highest BCUT2D eigenvalue weighted by atomic mass is 32.2. The fourth-order valence-corrected chi connectivity index (χ4v) is 4.32. The van der Waals surface area contributed by atoms with Gasteiger partial charge in [-0.3, -0.25) is 0 Å². The minimum atomic E-state index is -3.43. The molecule has 0 atom stereocenters. The molecule has 1 aliphatic carbocycles. The van der Waals surface area contributed by atoms with Crippen LogP contribution in [0.15, 0.2) is 23.1 Å². The van der Waals surface area contributed by atoms with Crippen LogP contribution in [0.25, 0.3) is 0 Å². The average molecular weight is 310 g/mol. The predicted molar refractivity (Wildman–Crippen MR) is 85.5 cm³/mol. The van der Waals surface area contributed by atoms with Gasteiger partial charge in [-0.2, -0.15) is 0 Å². The van der Waals surface area contributed by atoms with E-state index in [9.17, 15) is 8.42 Å². The second-order valence-corrected chi connectivity index (χ2v) is 7.67. The van der Waals surface area contributed by atoms with Crippen molar-refractivity contribution in [1.29, 1.82) is 0 Å². The van der Waals surface area contributed by atoms with Gasteiger partial charge in [-0.1, -0.05) is 38.2 Å². The molecule has 3 N–H and O–H groups in total. The monoisotopic (exact) mass is 310 g/mol. The van der Waals surface area contributed by atoms with E-state index in [2.05, 4.69) is 4.72 Å². The molecule has 21 heavy (non-hydrogen) atoms. The van der Waals surface area contributed by atoms with Gasteiger partial charge in [0.1, 0.15) is 0 Å². The van der Waals surface area contributed by atoms with E-state index >= 15 is 0 Å². The molecule has 0 aliphatic heterocycles. The van der Waals surface area contributed by atoms with Crippen LogP contribution in [0.2, 0.25) is 0 Å². The summed E-state index contributed by atoms with van der Waals surface area (Å²) in [5, 5.41) is 0. The smallest absolute Gasteiger partial charge is 0.240 e. The number of rotatable bonds is 4. The van der Waals surface area contributed by atoms with Crippen molar-refractivity contribution in [1.82, 2.24) is 4.72 Å². The Morgan fingerprint density at radius 2 is 1.76 bits per heavy atom. The zero-order valence-corrected chi connectivity index (χ0v) is 13.6. The first-order valence-electron chi connectivity index (χ1n) is 7.85. The molecule has 1 fully saturated rings. The normalized spacial score (nSPS) is 18.2. The fourth-order valence-electron chi connectivity index (χ4n) is 2.93. The van der Waals surface area contributed by atoms with Crippen LogP contribution in [0.3, 0.4) is 0 Å². The highest BCUT2D eigenvalue weighted by Crippen LogP contribution is 2.20. The van der Waals surface area contributed by atoms with Crippen molar-refractivity contribution < 1.29 is 8.42 Å². The van der Waals surface area contributed by atoms with Crippen molar-refractivity contribution in [2.24, 2.45) is 5.73 Å². The summed E-state index contributed by atoms with van der Waals surface area (Å²) in [6.45, 7) is 2.33. The Hall–Kier alpha value is -0.910. The zero-order valence-electron chi connectivity index (χ0n) is 12.8. The highest BCUT2D eigenvalue weighted by Gasteiger charge is 2.21. The van der Waals surface area contributed by atoms with Gasteiger partial charge in [0, 0.05) is 12.6 Å². The predicted octanol–water partition coefficient (Wildman–Crippen LogP) is 2.84. The Morgan fingerprint density at radius 3 is 2.33 bits per heavy atom. The van der Waals surface area contributed by atoms with E-state index in [1.165, 1.54) is 19.3 Å². The molecule has 0 radical (unpaired) electrons. The van der Waals surface area contributed by atoms with Crippen LogP contribution < -0.4 is 10.5 Å². The van der Waals surface area contributed by atoms with E-state index in [4.69, 9.17) is 5.73 Å². The third-order valence-corrected chi connectivity index (χ3v) is 5.79. The summed E-state index contributed by atoms with van der Waals surface area (Å²) < 4.78 is 27.9. The number of aryl methyl sites for hydroxylation is 1. The van der Waals surface area contributed by atoms with Gasteiger partial charge in [-0.15, -0.1) is 0 Å². The molecule has 0 saturated heterocycles. The highest BCUT2D eigenvalue weighted by molar-refractivity contribution is 7.89. The minimum Gasteiger partial charge on any atom is -0.326 e. The summed E-state index contributed by atoms with van der Waals surface area (Å²) >= 11 is 0. The molecule has 1 aromatic carbocycles. The van der Waals surface area contributed by atoms with Crippen LogP contribution in [0.1, 0.15) is 56.1 Å². The van der Waals surface area contributed by atoms with E-state index in [1.807, 2.05) is 13.0 Å². The lowest BCUT2D eigenvalue weighted by Gasteiger charge is -2.21. The van der Waals surface area contributed by atoms with Gasteiger partial charge >= 0.3 is 0 Å². The molecule has 0 amide bonds. The molecule has 0 unspecified atom stereocenters. The standard InChI is InChI=1S/C16H26N2O2S/c1-13-11-16(10-9-14(13)12-17)21(19,20)18-15-7-5-3-2-4-6-8-15/h9-11,15,18H,2-8,12,17H2,1H3. The molecule has 118 valence electrons. The van der Waals surface area contributed by atoms with Crippen molar-refractivity contribution in [3.63, 3.8) is 0 Å². The molecule has 4 nitrogen and oxygen atoms in total. The van der Waals surface area contributed by atoms with E-state index in [-0.39, 0.29) is 6.04 Å². The number of nitrogens with two attached hydrogens (primary N) is 1. The maximum Gasteiger partial charge on any atom is 0.240 e. The first-order valence-corrected chi connectivity index (χ1v) is 9.33. The number of hydrogen-bond donors (Lipinski definition) is 2. The van der Waals surface area contributed by atoms with Crippen molar-refractivity contribution >= 4 is 10.0 Å². The quantitative estimate of drug-likeness (QED) is 0.898. The Labute approximate surface area is 128 Å². The lowest BCUT2D eigenvalue weighted by molar-refractivity contribution is 0.426. The minimum absolute atomic E-state index is 0.0739. The second kappa shape index (κ2) is 7.38. The van der Waals surface area contributed by atoms with Gasteiger partial charge in [-0.05, 0) is 43.0 Å². The molecular weight excluding hydrogens is 284 g/mol. The van der Waals surface area contributed by atoms with E-state index in [1.54, 1.807) is 12.1 Å². The largest absolute Gasteiger partial charge is 0.326 e. The van der Waals surface area contributed by atoms with Crippen LogP contribution in [0, 0.1) is 6.92 Å². The number of hydrogen-bond acceptors (Lipinski definition) is 3. The first kappa shape index (κ1) is 16.5. The van der Waals surface area contributed by atoms with Crippen LogP contribution in [-0.4, -0.2) is 14.5 Å². The fraction of sp³-hybridized carbons (Fsp3) is 0.625. The number of sulfonamides is 1. The molecular formula is C16H26N2O2S. The van der Waals surface area contributed by atoms with E-state index in [0.717, 1.165) is 36.8 Å². The first-order chi connectivity index (χ1) is 10.0. The number of nitrogens with one attached hydrogen (secondary N) is 1. The summed E-state index contributed by atoms with van der Waals surface area (Å²) in [5.41, 5.74) is 7.54. The third-order valence-electron chi connectivity index (χ3n) is 4.27. The van der Waals surface area contributed by atoms with E-state index in [0.29, 0.717) is 11.4 Å². The van der Waals surface area contributed by atoms with Crippen LogP contribution in [0.4, 0.5) is 0 Å². The Balaban J connectivity index is 2.11. The SMILES string of the molecule is Cc1cc(S(=O)(=O)NC2CCCCCCC2)ccc1CN. The average Bonchev–Trinajstić information content (AvgIpc) is 2.41.